The van der Waals surface area contributed by atoms with Gasteiger partial charge in [0.15, 0.2) is 0 Å². The van der Waals surface area contributed by atoms with E-state index in [-0.39, 0.29) is 6.04 Å². The molecular formula is C17H16BrNO. The summed E-state index contributed by atoms with van der Waals surface area (Å²) in [6.45, 7) is 2.99. The SMILES string of the molecule is CCNC(c1ccco1)c1ccc(Br)c2ccccc12. The highest BCUT2D eigenvalue weighted by Gasteiger charge is 2.18. The second-order valence-corrected chi connectivity index (χ2v) is 5.54. The lowest BCUT2D eigenvalue weighted by molar-refractivity contribution is 0.453. The molecule has 3 aromatic rings. The van der Waals surface area contributed by atoms with Gasteiger partial charge in [-0.05, 0) is 41.1 Å². The fraction of sp³-hybridized carbons (Fsp3) is 0.176. The second-order valence-electron chi connectivity index (χ2n) is 4.69. The normalized spacial score (nSPS) is 12.7. The van der Waals surface area contributed by atoms with Crippen LogP contribution in [0, 0.1) is 0 Å². The summed E-state index contributed by atoms with van der Waals surface area (Å²) in [5.74, 6) is 0.944. The van der Waals surface area contributed by atoms with Gasteiger partial charge in [0.2, 0.25) is 0 Å². The zero-order valence-electron chi connectivity index (χ0n) is 11.3. The van der Waals surface area contributed by atoms with E-state index in [1.165, 1.54) is 16.3 Å². The van der Waals surface area contributed by atoms with Gasteiger partial charge >= 0.3 is 0 Å². The summed E-state index contributed by atoms with van der Waals surface area (Å²) in [4.78, 5) is 0. The van der Waals surface area contributed by atoms with Gasteiger partial charge in [-0.1, -0.05) is 53.2 Å². The van der Waals surface area contributed by atoms with Crippen LogP contribution in [0.4, 0.5) is 0 Å². The van der Waals surface area contributed by atoms with Crippen molar-refractivity contribution in [3.8, 4) is 0 Å². The Morgan fingerprint density at radius 3 is 2.55 bits per heavy atom. The van der Waals surface area contributed by atoms with Crippen molar-refractivity contribution in [2.45, 2.75) is 13.0 Å². The molecule has 3 rings (SSSR count). The third-order valence-corrected chi connectivity index (χ3v) is 4.14. The molecule has 0 bridgehead atoms. The van der Waals surface area contributed by atoms with Gasteiger partial charge in [-0.15, -0.1) is 0 Å². The van der Waals surface area contributed by atoms with Gasteiger partial charge in [0.1, 0.15) is 5.76 Å². The second kappa shape index (κ2) is 5.81. The molecule has 1 N–H and O–H groups in total. The van der Waals surface area contributed by atoms with E-state index in [1.54, 1.807) is 6.26 Å². The fourth-order valence-corrected chi connectivity index (χ4v) is 3.04. The number of hydrogen-bond donors (Lipinski definition) is 1. The molecule has 102 valence electrons. The number of rotatable bonds is 4. The molecule has 1 aromatic heterocycles. The highest BCUT2D eigenvalue weighted by atomic mass is 79.9. The Labute approximate surface area is 126 Å². The average Bonchev–Trinajstić information content (AvgIpc) is 3.00. The molecule has 2 nitrogen and oxygen atoms in total. The van der Waals surface area contributed by atoms with E-state index in [1.807, 2.05) is 12.1 Å². The Kier molecular flexibility index (Phi) is 3.90. The third-order valence-electron chi connectivity index (χ3n) is 3.45. The van der Waals surface area contributed by atoms with Crippen LogP contribution >= 0.6 is 15.9 Å². The largest absolute Gasteiger partial charge is 0.467 e. The molecule has 0 aliphatic rings. The van der Waals surface area contributed by atoms with Crippen molar-refractivity contribution in [1.29, 1.82) is 0 Å². The average molecular weight is 330 g/mol. The molecule has 0 amide bonds. The molecule has 1 unspecified atom stereocenters. The molecule has 1 atom stereocenters. The first-order valence-electron chi connectivity index (χ1n) is 6.75. The fourth-order valence-electron chi connectivity index (χ4n) is 2.56. The lowest BCUT2D eigenvalue weighted by Crippen LogP contribution is -2.21. The van der Waals surface area contributed by atoms with Crippen LogP contribution in [0.3, 0.4) is 0 Å². The lowest BCUT2D eigenvalue weighted by atomic mass is 9.97. The smallest absolute Gasteiger partial charge is 0.125 e. The van der Waals surface area contributed by atoms with Gasteiger partial charge < -0.3 is 9.73 Å². The number of nitrogens with one attached hydrogen (secondary N) is 1. The van der Waals surface area contributed by atoms with Crippen LogP contribution in [0.5, 0.6) is 0 Å². The van der Waals surface area contributed by atoms with Crippen molar-refractivity contribution >= 4 is 26.7 Å². The maximum absolute atomic E-state index is 5.61. The minimum Gasteiger partial charge on any atom is -0.467 e. The number of hydrogen-bond acceptors (Lipinski definition) is 2. The van der Waals surface area contributed by atoms with Crippen LogP contribution in [0.2, 0.25) is 0 Å². The van der Waals surface area contributed by atoms with Crippen LogP contribution in [0.25, 0.3) is 10.8 Å². The van der Waals surface area contributed by atoms with Crippen molar-refractivity contribution < 1.29 is 4.42 Å². The molecule has 0 saturated carbocycles. The Morgan fingerprint density at radius 1 is 1.05 bits per heavy atom. The van der Waals surface area contributed by atoms with Crippen molar-refractivity contribution in [1.82, 2.24) is 5.32 Å². The third kappa shape index (κ3) is 2.39. The molecule has 0 aliphatic heterocycles. The van der Waals surface area contributed by atoms with E-state index in [0.717, 1.165) is 16.8 Å². The highest BCUT2D eigenvalue weighted by molar-refractivity contribution is 9.10. The summed E-state index contributed by atoms with van der Waals surface area (Å²) < 4.78 is 6.72. The maximum Gasteiger partial charge on any atom is 0.125 e. The number of benzene rings is 2. The van der Waals surface area contributed by atoms with Crippen LogP contribution in [-0.4, -0.2) is 6.54 Å². The summed E-state index contributed by atoms with van der Waals surface area (Å²) in [5.41, 5.74) is 1.24. The Balaban J connectivity index is 2.19. The Hall–Kier alpha value is -1.58. The molecule has 0 spiro atoms. The van der Waals surface area contributed by atoms with Crippen LogP contribution in [-0.2, 0) is 0 Å². The zero-order chi connectivity index (χ0) is 13.9. The van der Waals surface area contributed by atoms with Gasteiger partial charge in [-0.3, -0.25) is 0 Å². The van der Waals surface area contributed by atoms with E-state index < -0.39 is 0 Å². The monoisotopic (exact) mass is 329 g/mol. The van der Waals surface area contributed by atoms with Gasteiger partial charge in [0.05, 0.1) is 12.3 Å². The van der Waals surface area contributed by atoms with Gasteiger partial charge in [0.25, 0.3) is 0 Å². The first-order chi connectivity index (χ1) is 9.81. The number of fused-ring (bicyclic) bond motifs is 1. The summed E-state index contributed by atoms with van der Waals surface area (Å²) >= 11 is 3.62. The molecule has 0 saturated heterocycles. The van der Waals surface area contributed by atoms with E-state index in [0.29, 0.717) is 0 Å². The summed E-state index contributed by atoms with van der Waals surface area (Å²) in [6.07, 6.45) is 1.72. The van der Waals surface area contributed by atoms with Gasteiger partial charge in [0, 0.05) is 4.47 Å². The predicted octanol–water partition coefficient (Wildman–Crippen LogP) is 4.89. The summed E-state index contributed by atoms with van der Waals surface area (Å²) in [5, 5.41) is 5.97. The van der Waals surface area contributed by atoms with Gasteiger partial charge in [-0.2, -0.15) is 0 Å². The van der Waals surface area contributed by atoms with Crippen molar-refractivity contribution in [2.24, 2.45) is 0 Å². The quantitative estimate of drug-likeness (QED) is 0.736. The number of furan rings is 1. The minimum absolute atomic E-state index is 0.0769. The van der Waals surface area contributed by atoms with E-state index in [4.69, 9.17) is 4.42 Å². The standard InChI is InChI=1S/C17H16BrNO/c1-2-19-17(16-8-5-11-20-16)14-9-10-15(18)13-7-4-3-6-12(13)14/h3-11,17,19H,2H2,1H3. The van der Waals surface area contributed by atoms with Crippen LogP contribution in [0.1, 0.15) is 24.3 Å². The zero-order valence-corrected chi connectivity index (χ0v) is 12.9. The summed E-state index contributed by atoms with van der Waals surface area (Å²) in [7, 11) is 0. The van der Waals surface area contributed by atoms with E-state index >= 15 is 0 Å². The molecule has 0 aliphatic carbocycles. The topological polar surface area (TPSA) is 25.2 Å². The summed E-state index contributed by atoms with van der Waals surface area (Å²) in [6, 6.07) is 16.7. The first-order valence-corrected chi connectivity index (χ1v) is 7.54. The van der Waals surface area contributed by atoms with E-state index in [9.17, 15) is 0 Å². The van der Waals surface area contributed by atoms with Crippen molar-refractivity contribution in [3.63, 3.8) is 0 Å². The van der Waals surface area contributed by atoms with Crippen LogP contribution < -0.4 is 5.32 Å². The van der Waals surface area contributed by atoms with E-state index in [2.05, 4.69) is 64.6 Å². The van der Waals surface area contributed by atoms with Crippen molar-refractivity contribution in [2.75, 3.05) is 6.54 Å². The Bertz CT molecular complexity index is 706. The molecule has 1 heterocycles. The maximum atomic E-state index is 5.61. The van der Waals surface area contributed by atoms with Crippen LogP contribution in [0.15, 0.2) is 63.7 Å². The number of halogens is 1. The molecular weight excluding hydrogens is 314 g/mol. The van der Waals surface area contributed by atoms with Gasteiger partial charge in [-0.25, -0.2) is 0 Å². The first kappa shape index (κ1) is 13.4. The highest BCUT2D eigenvalue weighted by Crippen LogP contribution is 2.33. The molecule has 3 heteroatoms. The molecule has 0 fully saturated rings. The predicted molar refractivity (Wildman–Crippen MR) is 85.9 cm³/mol. The molecule has 20 heavy (non-hydrogen) atoms. The lowest BCUT2D eigenvalue weighted by Gasteiger charge is -2.18. The Morgan fingerprint density at radius 2 is 1.85 bits per heavy atom. The molecule has 2 aromatic carbocycles. The molecule has 0 radical (unpaired) electrons. The minimum atomic E-state index is 0.0769. The van der Waals surface area contributed by atoms with Crippen molar-refractivity contribution in [3.05, 3.63) is 70.6 Å².